The van der Waals surface area contributed by atoms with E-state index in [0.29, 0.717) is 0 Å². The number of carbonyl (C=O) groups excluding carboxylic acids is 1. The second-order valence-electron chi connectivity index (χ2n) is 7.74. The zero-order valence-corrected chi connectivity index (χ0v) is 17.8. The minimum absolute atomic E-state index is 0.00352. The van der Waals surface area contributed by atoms with E-state index in [2.05, 4.69) is 55.3 Å². The third-order valence-electron chi connectivity index (χ3n) is 5.04. The fourth-order valence-electron chi connectivity index (χ4n) is 3.38. The first-order valence-electron chi connectivity index (χ1n) is 10.8. The number of amides is 1. The van der Waals surface area contributed by atoms with Gasteiger partial charge in [-0.05, 0) is 62.5 Å². The van der Waals surface area contributed by atoms with Crippen LogP contribution in [0.1, 0.15) is 67.9 Å². The van der Waals surface area contributed by atoms with E-state index in [1.807, 2.05) is 30.3 Å². The molecule has 0 heterocycles. The molecule has 1 N–H and O–H groups in total. The summed E-state index contributed by atoms with van der Waals surface area (Å²) in [7, 11) is 0. The highest BCUT2D eigenvalue weighted by Gasteiger charge is 2.11. The number of hydrogen-bond acceptors (Lipinski definition) is 2. The van der Waals surface area contributed by atoms with Crippen molar-refractivity contribution in [2.75, 3.05) is 13.1 Å². The Hall–Kier alpha value is -2.13. The summed E-state index contributed by atoms with van der Waals surface area (Å²) in [6, 6.07) is 18.5. The van der Waals surface area contributed by atoms with Gasteiger partial charge in [-0.3, -0.25) is 9.69 Å². The molecule has 0 aliphatic heterocycles. The van der Waals surface area contributed by atoms with Crippen LogP contribution in [0.5, 0.6) is 0 Å². The van der Waals surface area contributed by atoms with Crippen LogP contribution in [0.2, 0.25) is 0 Å². The van der Waals surface area contributed by atoms with Gasteiger partial charge in [-0.25, -0.2) is 0 Å². The molecule has 0 fully saturated rings. The Kier molecular flexibility index (Phi) is 9.78. The van der Waals surface area contributed by atoms with Gasteiger partial charge >= 0.3 is 0 Å². The molecule has 1 amide bonds. The van der Waals surface area contributed by atoms with Crippen molar-refractivity contribution in [2.45, 2.75) is 65.5 Å². The predicted molar refractivity (Wildman–Crippen MR) is 119 cm³/mol. The molecule has 3 nitrogen and oxygen atoms in total. The van der Waals surface area contributed by atoms with Gasteiger partial charge in [0.2, 0.25) is 0 Å². The monoisotopic (exact) mass is 380 g/mol. The van der Waals surface area contributed by atoms with Gasteiger partial charge in [-0.1, -0.05) is 69.2 Å². The maximum absolute atomic E-state index is 12.5. The van der Waals surface area contributed by atoms with Gasteiger partial charge in [0, 0.05) is 18.2 Å². The van der Waals surface area contributed by atoms with E-state index in [4.69, 9.17) is 0 Å². The highest BCUT2D eigenvalue weighted by atomic mass is 16.1. The van der Waals surface area contributed by atoms with Gasteiger partial charge in [-0.2, -0.15) is 0 Å². The third kappa shape index (κ3) is 7.85. The van der Waals surface area contributed by atoms with E-state index in [1.54, 1.807) is 0 Å². The molecule has 0 aliphatic rings. The number of nitrogens with zero attached hydrogens (tertiary/aromatic N) is 1. The molecule has 0 aliphatic carbocycles. The quantitative estimate of drug-likeness (QED) is 0.531. The standard InChI is InChI=1S/C25H36N2O/c1-4-6-17-27(18-7-5-2)20-23-13-15-24(16-14-23)25(28)26-21(3)19-22-11-9-8-10-12-22/h8-16,21H,4-7,17-20H2,1-3H3,(H,26,28). The van der Waals surface area contributed by atoms with Crippen molar-refractivity contribution in [1.29, 1.82) is 0 Å². The van der Waals surface area contributed by atoms with Crippen molar-refractivity contribution in [3.8, 4) is 0 Å². The van der Waals surface area contributed by atoms with Crippen LogP contribution in [0.3, 0.4) is 0 Å². The summed E-state index contributed by atoms with van der Waals surface area (Å²) in [5.74, 6) is 0.00352. The molecule has 1 unspecified atom stereocenters. The average Bonchev–Trinajstić information content (AvgIpc) is 2.71. The fraction of sp³-hybridized carbons (Fsp3) is 0.480. The third-order valence-corrected chi connectivity index (χ3v) is 5.04. The number of nitrogens with one attached hydrogen (secondary N) is 1. The summed E-state index contributed by atoms with van der Waals surface area (Å²) in [5.41, 5.74) is 3.25. The molecule has 0 aromatic heterocycles. The maximum atomic E-state index is 12.5. The molecule has 2 rings (SSSR count). The maximum Gasteiger partial charge on any atom is 0.251 e. The normalized spacial score (nSPS) is 12.1. The number of carbonyl (C=O) groups is 1. The number of unbranched alkanes of at least 4 members (excludes halogenated alkanes) is 2. The van der Waals surface area contributed by atoms with Crippen LogP contribution < -0.4 is 5.32 Å². The SMILES string of the molecule is CCCCN(CCCC)Cc1ccc(C(=O)NC(C)Cc2ccccc2)cc1. The minimum atomic E-state index is 0.00352. The summed E-state index contributed by atoms with van der Waals surface area (Å²) in [6.45, 7) is 9.80. The van der Waals surface area contributed by atoms with E-state index in [9.17, 15) is 4.79 Å². The minimum Gasteiger partial charge on any atom is -0.349 e. The Balaban J connectivity index is 1.88. The van der Waals surface area contributed by atoms with Crippen LogP contribution in [0, 0.1) is 0 Å². The van der Waals surface area contributed by atoms with Crippen LogP contribution in [0.25, 0.3) is 0 Å². The van der Waals surface area contributed by atoms with Crippen molar-refractivity contribution in [1.82, 2.24) is 10.2 Å². The molecule has 152 valence electrons. The van der Waals surface area contributed by atoms with E-state index in [-0.39, 0.29) is 11.9 Å². The zero-order chi connectivity index (χ0) is 20.2. The summed E-state index contributed by atoms with van der Waals surface area (Å²) < 4.78 is 0. The lowest BCUT2D eigenvalue weighted by molar-refractivity contribution is 0.0940. The first kappa shape index (κ1) is 22.2. The topological polar surface area (TPSA) is 32.3 Å². The van der Waals surface area contributed by atoms with Gasteiger partial charge in [0.25, 0.3) is 5.91 Å². The summed E-state index contributed by atoms with van der Waals surface area (Å²) in [6.07, 6.45) is 5.77. The van der Waals surface area contributed by atoms with E-state index in [0.717, 1.165) is 31.6 Å². The van der Waals surface area contributed by atoms with Crippen molar-refractivity contribution in [3.05, 3.63) is 71.3 Å². The molecule has 0 saturated heterocycles. The summed E-state index contributed by atoms with van der Waals surface area (Å²) >= 11 is 0. The lowest BCUT2D eigenvalue weighted by Crippen LogP contribution is -2.34. The lowest BCUT2D eigenvalue weighted by atomic mass is 10.1. The molecule has 1 atom stereocenters. The van der Waals surface area contributed by atoms with E-state index >= 15 is 0 Å². The second kappa shape index (κ2) is 12.4. The zero-order valence-electron chi connectivity index (χ0n) is 17.8. The van der Waals surface area contributed by atoms with Gasteiger partial charge in [0.15, 0.2) is 0 Å². The number of benzene rings is 2. The van der Waals surface area contributed by atoms with Crippen molar-refractivity contribution in [2.24, 2.45) is 0 Å². The van der Waals surface area contributed by atoms with Crippen LogP contribution in [-0.4, -0.2) is 29.9 Å². The second-order valence-corrected chi connectivity index (χ2v) is 7.74. The molecule has 28 heavy (non-hydrogen) atoms. The first-order valence-corrected chi connectivity index (χ1v) is 10.8. The van der Waals surface area contributed by atoms with Crippen LogP contribution in [0.4, 0.5) is 0 Å². The molecule has 0 radical (unpaired) electrons. The van der Waals surface area contributed by atoms with Crippen molar-refractivity contribution < 1.29 is 4.79 Å². The van der Waals surface area contributed by atoms with Gasteiger partial charge in [0.05, 0.1) is 0 Å². The van der Waals surface area contributed by atoms with Crippen molar-refractivity contribution >= 4 is 5.91 Å². The molecule has 0 saturated carbocycles. The molecule has 3 heteroatoms. The predicted octanol–water partition coefficient (Wildman–Crippen LogP) is 5.45. The van der Waals surface area contributed by atoms with E-state index < -0.39 is 0 Å². The molecule has 0 spiro atoms. The Morgan fingerprint density at radius 3 is 2.07 bits per heavy atom. The fourth-order valence-corrected chi connectivity index (χ4v) is 3.38. The van der Waals surface area contributed by atoms with Gasteiger partial charge < -0.3 is 5.32 Å². The molecule has 2 aromatic rings. The number of hydrogen-bond donors (Lipinski definition) is 1. The molecular weight excluding hydrogens is 344 g/mol. The summed E-state index contributed by atoms with van der Waals surface area (Å²) in [4.78, 5) is 15.1. The Bertz CT molecular complexity index is 673. The Morgan fingerprint density at radius 2 is 1.50 bits per heavy atom. The Morgan fingerprint density at radius 1 is 0.893 bits per heavy atom. The van der Waals surface area contributed by atoms with Crippen LogP contribution >= 0.6 is 0 Å². The lowest BCUT2D eigenvalue weighted by Gasteiger charge is -2.22. The molecule has 2 aromatic carbocycles. The van der Waals surface area contributed by atoms with Crippen LogP contribution in [0.15, 0.2) is 54.6 Å². The van der Waals surface area contributed by atoms with Crippen molar-refractivity contribution in [3.63, 3.8) is 0 Å². The van der Waals surface area contributed by atoms with Crippen LogP contribution in [-0.2, 0) is 13.0 Å². The largest absolute Gasteiger partial charge is 0.349 e. The van der Waals surface area contributed by atoms with Gasteiger partial charge in [-0.15, -0.1) is 0 Å². The average molecular weight is 381 g/mol. The Labute approximate surface area is 171 Å². The summed E-state index contributed by atoms with van der Waals surface area (Å²) in [5, 5.41) is 3.11. The van der Waals surface area contributed by atoms with E-state index in [1.165, 1.54) is 36.8 Å². The molecular formula is C25H36N2O. The molecule has 0 bridgehead atoms. The highest BCUT2D eigenvalue weighted by molar-refractivity contribution is 5.94. The first-order chi connectivity index (χ1) is 13.6. The number of rotatable bonds is 12. The van der Waals surface area contributed by atoms with Gasteiger partial charge in [0.1, 0.15) is 0 Å². The highest BCUT2D eigenvalue weighted by Crippen LogP contribution is 2.11. The smallest absolute Gasteiger partial charge is 0.251 e.